The summed E-state index contributed by atoms with van der Waals surface area (Å²) in [6, 6.07) is 4.74. The van der Waals surface area contributed by atoms with Crippen molar-refractivity contribution in [1.82, 2.24) is 20.6 Å². The molecule has 0 bridgehead atoms. The number of carbonyl (C=O) groups excluding carboxylic acids is 1. The Balaban J connectivity index is 1.82. The number of phenols is 1. The monoisotopic (exact) mass is 307 g/mol. The summed E-state index contributed by atoms with van der Waals surface area (Å²) in [6.45, 7) is 0. The molecule has 2 rings (SSSR count). The van der Waals surface area contributed by atoms with E-state index >= 15 is 0 Å². The third kappa shape index (κ3) is 4.49. The highest BCUT2D eigenvalue weighted by Gasteiger charge is 2.04. The van der Waals surface area contributed by atoms with Crippen molar-refractivity contribution >= 4 is 23.9 Å². The Morgan fingerprint density at radius 3 is 3.19 bits per heavy atom. The van der Waals surface area contributed by atoms with Gasteiger partial charge in [-0.05, 0) is 23.8 Å². The van der Waals surface area contributed by atoms with E-state index in [0.717, 1.165) is 0 Å². The Kier molecular flexibility index (Phi) is 5.16. The zero-order chi connectivity index (χ0) is 15.1. The van der Waals surface area contributed by atoms with Crippen molar-refractivity contribution in [2.45, 2.75) is 5.16 Å². The van der Waals surface area contributed by atoms with Crippen LogP contribution >= 0.6 is 11.8 Å². The summed E-state index contributed by atoms with van der Waals surface area (Å²) in [4.78, 5) is 15.4. The number of thioether (sulfide) groups is 1. The Hall–Kier alpha value is -2.55. The molecular weight excluding hydrogens is 294 g/mol. The van der Waals surface area contributed by atoms with E-state index in [0.29, 0.717) is 16.5 Å². The van der Waals surface area contributed by atoms with Gasteiger partial charge in [0.15, 0.2) is 16.7 Å². The molecule has 0 aliphatic heterocycles. The van der Waals surface area contributed by atoms with Crippen LogP contribution in [0.3, 0.4) is 0 Å². The molecule has 3 N–H and O–H groups in total. The minimum Gasteiger partial charge on any atom is -0.504 e. The summed E-state index contributed by atoms with van der Waals surface area (Å²) in [5.74, 6) is 0.289. The number of methoxy groups -OCH3 is 1. The van der Waals surface area contributed by atoms with Crippen LogP contribution in [-0.2, 0) is 4.79 Å². The summed E-state index contributed by atoms with van der Waals surface area (Å²) in [5.41, 5.74) is 3.08. The second-order valence-electron chi connectivity index (χ2n) is 3.80. The number of hydrogen-bond acceptors (Lipinski definition) is 7. The van der Waals surface area contributed by atoms with E-state index in [-0.39, 0.29) is 17.4 Å². The maximum Gasteiger partial charge on any atom is 0.250 e. The molecule has 2 aromatic rings. The zero-order valence-corrected chi connectivity index (χ0v) is 11.9. The van der Waals surface area contributed by atoms with E-state index in [1.807, 2.05) is 0 Å². The van der Waals surface area contributed by atoms with E-state index in [1.54, 1.807) is 12.1 Å². The molecule has 0 aliphatic carbocycles. The topological polar surface area (TPSA) is 112 Å². The van der Waals surface area contributed by atoms with Crippen molar-refractivity contribution in [1.29, 1.82) is 0 Å². The molecule has 0 saturated carbocycles. The standard InChI is InChI=1S/C12H13N5O3S/c1-20-10-4-8(2-3-9(10)18)5-14-16-11(19)6-21-12-13-7-15-17-12/h2-5,7,18H,6H2,1H3,(H,16,19)(H,13,15,17)/b14-5+. The number of carbonyl (C=O) groups is 1. The van der Waals surface area contributed by atoms with Crippen molar-refractivity contribution in [2.75, 3.05) is 12.9 Å². The summed E-state index contributed by atoms with van der Waals surface area (Å²) >= 11 is 1.22. The number of aromatic hydroxyl groups is 1. The number of nitrogens with one attached hydrogen (secondary N) is 2. The number of benzene rings is 1. The Morgan fingerprint density at radius 1 is 1.62 bits per heavy atom. The first kappa shape index (κ1) is 14.9. The van der Waals surface area contributed by atoms with Gasteiger partial charge in [0.2, 0.25) is 0 Å². The highest BCUT2D eigenvalue weighted by Crippen LogP contribution is 2.25. The molecule has 0 fully saturated rings. The van der Waals surface area contributed by atoms with Gasteiger partial charge in [-0.25, -0.2) is 10.4 Å². The van der Waals surface area contributed by atoms with Crippen LogP contribution in [0.25, 0.3) is 0 Å². The first-order chi connectivity index (χ1) is 10.2. The van der Waals surface area contributed by atoms with Gasteiger partial charge in [-0.1, -0.05) is 11.8 Å². The summed E-state index contributed by atoms with van der Waals surface area (Å²) in [6.07, 6.45) is 2.83. The lowest BCUT2D eigenvalue weighted by molar-refractivity contribution is -0.118. The van der Waals surface area contributed by atoms with Crippen LogP contribution in [0, 0.1) is 0 Å². The first-order valence-electron chi connectivity index (χ1n) is 5.86. The number of ether oxygens (including phenoxy) is 1. The van der Waals surface area contributed by atoms with E-state index in [4.69, 9.17) is 4.74 Å². The molecule has 0 saturated heterocycles. The van der Waals surface area contributed by atoms with Crippen molar-refractivity contribution in [3.05, 3.63) is 30.1 Å². The van der Waals surface area contributed by atoms with Crippen LogP contribution in [0.1, 0.15) is 5.56 Å². The number of nitrogens with zero attached hydrogens (tertiary/aromatic N) is 3. The lowest BCUT2D eigenvalue weighted by Gasteiger charge is -2.03. The Labute approximate surface area is 124 Å². The molecule has 110 valence electrons. The highest BCUT2D eigenvalue weighted by atomic mass is 32.2. The van der Waals surface area contributed by atoms with E-state index in [1.165, 1.54) is 37.5 Å². The normalized spacial score (nSPS) is 10.7. The van der Waals surface area contributed by atoms with Gasteiger partial charge >= 0.3 is 0 Å². The number of phenolic OH excluding ortho intramolecular Hbond substituents is 1. The fourth-order valence-electron chi connectivity index (χ4n) is 1.38. The number of amides is 1. The molecule has 1 heterocycles. The van der Waals surface area contributed by atoms with Crippen LogP contribution in [0.5, 0.6) is 11.5 Å². The minimum atomic E-state index is -0.265. The molecular formula is C12H13N5O3S. The summed E-state index contributed by atoms with van der Waals surface area (Å²) in [5, 5.41) is 20.2. The molecule has 0 radical (unpaired) electrons. The smallest absolute Gasteiger partial charge is 0.250 e. The Morgan fingerprint density at radius 2 is 2.48 bits per heavy atom. The summed E-state index contributed by atoms with van der Waals surface area (Å²) < 4.78 is 4.97. The second-order valence-corrected chi connectivity index (χ2v) is 4.77. The van der Waals surface area contributed by atoms with E-state index in [9.17, 15) is 9.90 Å². The average molecular weight is 307 g/mol. The molecule has 8 nitrogen and oxygen atoms in total. The maximum atomic E-state index is 11.5. The average Bonchev–Trinajstić information content (AvgIpc) is 3.00. The van der Waals surface area contributed by atoms with Gasteiger partial charge in [0.05, 0.1) is 19.1 Å². The third-order valence-electron chi connectivity index (χ3n) is 2.34. The SMILES string of the molecule is COc1cc(/C=N/NC(=O)CSc2ncn[nH]2)ccc1O. The van der Waals surface area contributed by atoms with Gasteiger partial charge in [-0.2, -0.15) is 10.2 Å². The summed E-state index contributed by atoms with van der Waals surface area (Å²) in [7, 11) is 1.46. The van der Waals surface area contributed by atoms with Crippen LogP contribution in [-0.4, -0.2) is 45.3 Å². The number of rotatable bonds is 6. The van der Waals surface area contributed by atoms with Crippen LogP contribution in [0.2, 0.25) is 0 Å². The second kappa shape index (κ2) is 7.29. The molecule has 0 aliphatic rings. The van der Waals surface area contributed by atoms with Crippen molar-refractivity contribution < 1.29 is 14.6 Å². The largest absolute Gasteiger partial charge is 0.504 e. The molecule has 9 heteroatoms. The number of H-pyrrole nitrogens is 1. The van der Waals surface area contributed by atoms with E-state index in [2.05, 4.69) is 25.7 Å². The van der Waals surface area contributed by atoms with E-state index < -0.39 is 0 Å². The quantitative estimate of drug-likeness (QED) is 0.412. The molecule has 21 heavy (non-hydrogen) atoms. The Bertz CT molecular complexity index is 630. The lowest BCUT2D eigenvalue weighted by atomic mass is 10.2. The number of aromatic nitrogens is 3. The number of aromatic amines is 1. The fraction of sp³-hybridized carbons (Fsp3) is 0.167. The molecule has 1 amide bonds. The lowest BCUT2D eigenvalue weighted by Crippen LogP contribution is -2.19. The highest BCUT2D eigenvalue weighted by molar-refractivity contribution is 7.99. The fourth-order valence-corrected chi connectivity index (χ4v) is 1.95. The van der Waals surface area contributed by atoms with Gasteiger partial charge in [-0.15, -0.1) is 0 Å². The minimum absolute atomic E-state index is 0.0437. The zero-order valence-electron chi connectivity index (χ0n) is 11.1. The predicted molar refractivity (Wildman–Crippen MR) is 77.5 cm³/mol. The molecule has 0 spiro atoms. The third-order valence-corrected chi connectivity index (χ3v) is 3.22. The van der Waals surface area contributed by atoms with Gasteiger partial charge in [-0.3, -0.25) is 9.89 Å². The van der Waals surface area contributed by atoms with Gasteiger partial charge in [0.1, 0.15) is 6.33 Å². The first-order valence-corrected chi connectivity index (χ1v) is 6.84. The predicted octanol–water partition coefficient (Wildman–Crippen LogP) is 0.761. The number of hydrazone groups is 1. The van der Waals surface area contributed by atoms with Crippen LogP contribution in [0.15, 0.2) is 34.8 Å². The molecule has 0 unspecified atom stereocenters. The van der Waals surface area contributed by atoms with Gasteiger partial charge in [0, 0.05) is 0 Å². The van der Waals surface area contributed by atoms with Crippen molar-refractivity contribution in [3.63, 3.8) is 0 Å². The van der Waals surface area contributed by atoms with Crippen LogP contribution < -0.4 is 10.2 Å². The van der Waals surface area contributed by atoms with Crippen molar-refractivity contribution in [2.24, 2.45) is 5.10 Å². The van der Waals surface area contributed by atoms with Crippen LogP contribution in [0.4, 0.5) is 0 Å². The molecule has 1 aromatic carbocycles. The van der Waals surface area contributed by atoms with Crippen molar-refractivity contribution in [3.8, 4) is 11.5 Å². The van der Waals surface area contributed by atoms with Gasteiger partial charge < -0.3 is 9.84 Å². The molecule has 0 atom stereocenters. The maximum absolute atomic E-state index is 11.5. The van der Waals surface area contributed by atoms with Gasteiger partial charge in [0.25, 0.3) is 5.91 Å². The molecule has 1 aromatic heterocycles. The number of hydrogen-bond donors (Lipinski definition) is 3.